The zero-order chi connectivity index (χ0) is 22.0. The van der Waals surface area contributed by atoms with Crippen molar-refractivity contribution in [2.75, 3.05) is 26.3 Å². The van der Waals surface area contributed by atoms with E-state index in [9.17, 15) is 8.42 Å². The fraction of sp³-hybridized carbons (Fsp3) is 0.364. The van der Waals surface area contributed by atoms with Crippen molar-refractivity contribution in [2.45, 2.75) is 30.6 Å². The lowest BCUT2D eigenvalue weighted by molar-refractivity contribution is 0.0730. The molecule has 3 heterocycles. The van der Waals surface area contributed by atoms with Crippen molar-refractivity contribution < 1.29 is 13.2 Å². The molecular weight excluding hydrogens is 464 g/mol. The summed E-state index contributed by atoms with van der Waals surface area (Å²) in [4.78, 5) is 7.01. The minimum atomic E-state index is -3.51. The SMILES string of the molecule is O=S(=O)(c1ccc(N=c2scc(-c3cccs3)n2N=C2CCCC2)cc1)N1CCOCC1. The molecule has 7 nitrogen and oxygen atoms in total. The number of hydrogen-bond acceptors (Lipinski definition) is 7. The summed E-state index contributed by atoms with van der Waals surface area (Å²) in [5, 5.41) is 9.07. The predicted molar refractivity (Wildman–Crippen MR) is 128 cm³/mol. The molecule has 0 unspecified atom stereocenters. The minimum absolute atomic E-state index is 0.280. The van der Waals surface area contributed by atoms with Crippen molar-refractivity contribution in [3.8, 4) is 10.6 Å². The van der Waals surface area contributed by atoms with Gasteiger partial charge in [0, 0.05) is 24.2 Å². The third-order valence-corrected chi connectivity index (χ3v) is 9.17. The molecule has 2 aromatic heterocycles. The highest BCUT2D eigenvalue weighted by Gasteiger charge is 2.26. The predicted octanol–water partition coefficient (Wildman–Crippen LogP) is 4.31. The van der Waals surface area contributed by atoms with E-state index in [0.717, 1.165) is 28.2 Å². The average Bonchev–Trinajstić information content (AvgIpc) is 3.59. The molecule has 0 spiro atoms. The molecule has 32 heavy (non-hydrogen) atoms. The molecule has 10 heteroatoms. The summed E-state index contributed by atoms with van der Waals surface area (Å²) >= 11 is 3.22. The molecule has 5 rings (SSSR count). The fourth-order valence-electron chi connectivity index (χ4n) is 3.83. The van der Waals surface area contributed by atoms with Gasteiger partial charge in [-0.15, -0.1) is 22.7 Å². The smallest absolute Gasteiger partial charge is 0.243 e. The number of sulfonamides is 1. The molecule has 1 aliphatic carbocycles. The van der Waals surface area contributed by atoms with Gasteiger partial charge in [0.25, 0.3) is 0 Å². The second kappa shape index (κ2) is 9.40. The van der Waals surface area contributed by atoms with Gasteiger partial charge >= 0.3 is 0 Å². The molecule has 1 aromatic carbocycles. The molecule has 3 aromatic rings. The largest absolute Gasteiger partial charge is 0.379 e. The average molecular weight is 489 g/mol. The van der Waals surface area contributed by atoms with E-state index in [0.29, 0.717) is 32.0 Å². The number of nitrogens with zero attached hydrogens (tertiary/aromatic N) is 4. The number of ether oxygens (including phenoxy) is 1. The Hall–Kier alpha value is -2.11. The zero-order valence-electron chi connectivity index (χ0n) is 17.5. The first-order chi connectivity index (χ1) is 15.6. The number of benzene rings is 1. The lowest BCUT2D eigenvalue weighted by atomic mass is 10.3. The van der Waals surface area contributed by atoms with Gasteiger partial charge in [-0.05, 0) is 61.4 Å². The van der Waals surface area contributed by atoms with Crippen LogP contribution in [-0.4, -0.2) is 49.4 Å². The highest BCUT2D eigenvalue weighted by Crippen LogP contribution is 2.27. The summed E-state index contributed by atoms with van der Waals surface area (Å²) in [6.45, 7) is 1.63. The van der Waals surface area contributed by atoms with Gasteiger partial charge in [-0.25, -0.2) is 18.1 Å². The van der Waals surface area contributed by atoms with Gasteiger partial charge in [0.05, 0.1) is 34.4 Å². The molecule has 0 N–H and O–H groups in total. The third kappa shape index (κ3) is 4.51. The zero-order valence-corrected chi connectivity index (χ0v) is 20.0. The number of morpholine rings is 1. The van der Waals surface area contributed by atoms with Gasteiger partial charge in [0.15, 0.2) is 0 Å². The monoisotopic (exact) mass is 488 g/mol. The maximum absolute atomic E-state index is 12.9. The van der Waals surface area contributed by atoms with Crippen LogP contribution in [0.1, 0.15) is 25.7 Å². The molecule has 0 radical (unpaired) electrons. The third-order valence-electron chi connectivity index (χ3n) is 5.55. The van der Waals surface area contributed by atoms with E-state index in [1.54, 1.807) is 46.9 Å². The maximum Gasteiger partial charge on any atom is 0.243 e. The van der Waals surface area contributed by atoms with E-state index < -0.39 is 10.0 Å². The van der Waals surface area contributed by atoms with Crippen molar-refractivity contribution in [2.24, 2.45) is 10.1 Å². The Morgan fingerprint density at radius 1 is 0.969 bits per heavy atom. The van der Waals surface area contributed by atoms with Crippen LogP contribution in [0.25, 0.3) is 10.6 Å². The molecule has 2 aliphatic rings. The normalized spacial score (nSPS) is 18.4. The fourth-order valence-corrected chi connectivity index (χ4v) is 6.88. The number of aromatic nitrogens is 1. The van der Waals surface area contributed by atoms with E-state index in [2.05, 4.69) is 16.8 Å². The Balaban J connectivity index is 1.49. The van der Waals surface area contributed by atoms with Crippen LogP contribution < -0.4 is 4.80 Å². The lowest BCUT2D eigenvalue weighted by Gasteiger charge is -2.26. The Labute approximate surface area is 195 Å². The van der Waals surface area contributed by atoms with E-state index in [4.69, 9.17) is 14.8 Å². The van der Waals surface area contributed by atoms with Crippen molar-refractivity contribution >= 4 is 44.1 Å². The molecule has 2 fully saturated rings. The first-order valence-corrected chi connectivity index (χ1v) is 13.8. The molecule has 0 bridgehead atoms. The van der Waals surface area contributed by atoms with E-state index in [-0.39, 0.29) is 4.90 Å². The molecule has 1 saturated heterocycles. The maximum atomic E-state index is 12.9. The summed E-state index contributed by atoms with van der Waals surface area (Å²) in [5.41, 5.74) is 2.94. The molecule has 1 saturated carbocycles. The molecule has 1 aliphatic heterocycles. The standard InChI is InChI=1S/C22H24N4O3S3/c27-32(28,25-11-13-29-14-12-25)19-9-7-17(8-10-19)23-22-26(24-18-4-1-2-5-18)20(16-31-22)21-6-3-15-30-21/h3,6-10,15-16H,1-2,4-5,11-14H2. The topological polar surface area (TPSA) is 76.3 Å². The highest BCUT2D eigenvalue weighted by atomic mass is 32.2. The van der Waals surface area contributed by atoms with Gasteiger partial charge in [0.2, 0.25) is 14.8 Å². The second-order valence-corrected chi connectivity index (χ2v) is 11.4. The summed E-state index contributed by atoms with van der Waals surface area (Å²) in [5.74, 6) is 0. The van der Waals surface area contributed by atoms with Crippen LogP contribution in [0, 0.1) is 0 Å². The number of thiazole rings is 1. The number of hydrogen-bond donors (Lipinski definition) is 0. The molecular formula is C22H24N4O3S3. The first kappa shape index (κ1) is 21.7. The quantitative estimate of drug-likeness (QED) is 0.537. The van der Waals surface area contributed by atoms with E-state index in [1.165, 1.54) is 22.9 Å². The Kier molecular flexibility index (Phi) is 6.38. The van der Waals surface area contributed by atoms with Gasteiger partial charge in [-0.2, -0.15) is 9.41 Å². The minimum Gasteiger partial charge on any atom is -0.379 e. The second-order valence-electron chi connectivity index (χ2n) is 7.69. The van der Waals surface area contributed by atoms with Crippen molar-refractivity contribution in [3.63, 3.8) is 0 Å². The van der Waals surface area contributed by atoms with E-state index in [1.807, 2.05) is 10.7 Å². The Bertz CT molecular complexity index is 1260. The first-order valence-electron chi connectivity index (χ1n) is 10.7. The molecule has 0 atom stereocenters. The highest BCUT2D eigenvalue weighted by molar-refractivity contribution is 7.89. The van der Waals surface area contributed by atoms with Gasteiger partial charge in [-0.1, -0.05) is 6.07 Å². The van der Waals surface area contributed by atoms with Crippen molar-refractivity contribution in [3.05, 3.63) is 52.0 Å². The van der Waals surface area contributed by atoms with Crippen LogP contribution in [-0.2, 0) is 14.8 Å². The Morgan fingerprint density at radius 2 is 1.72 bits per heavy atom. The van der Waals surface area contributed by atoms with Gasteiger partial charge < -0.3 is 4.74 Å². The van der Waals surface area contributed by atoms with Crippen LogP contribution in [0.5, 0.6) is 0 Å². The van der Waals surface area contributed by atoms with Crippen LogP contribution in [0.15, 0.2) is 62.1 Å². The molecule has 0 amide bonds. The van der Waals surface area contributed by atoms with Crippen LogP contribution in [0.4, 0.5) is 5.69 Å². The number of thiophene rings is 1. The lowest BCUT2D eigenvalue weighted by Crippen LogP contribution is -2.40. The summed E-state index contributed by atoms with van der Waals surface area (Å²) in [6.07, 6.45) is 4.42. The van der Waals surface area contributed by atoms with Gasteiger partial charge in [-0.3, -0.25) is 0 Å². The summed E-state index contributed by atoms with van der Waals surface area (Å²) in [6, 6.07) is 10.9. The van der Waals surface area contributed by atoms with Crippen molar-refractivity contribution in [1.82, 2.24) is 8.98 Å². The molecule has 168 valence electrons. The van der Waals surface area contributed by atoms with Crippen LogP contribution in [0.3, 0.4) is 0 Å². The van der Waals surface area contributed by atoms with E-state index >= 15 is 0 Å². The van der Waals surface area contributed by atoms with Crippen LogP contribution >= 0.6 is 22.7 Å². The summed E-state index contributed by atoms with van der Waals surface area (Å²) in [7, 11) is -3.51. The van der Waals surface area contributed by atoms with Gasteiger partial charge in [0.1, 0.15) is 0 Å². The summed E-state index contributed by atoms with van der Waals surface area (Å²) < 4.78 is 34.4. The van der Waals surface area contributed by atoms with Crippen LogP contribution in [0.2, 0.25) is 0 Å². The van der Waals surface area contributed by atoms with Crippen molar-refractivity contribution in [1.29, 1.82) is 0 Å². The Morgan fingerprint density at radius 3 is 2.41 bits per heavy atom. The number of rotatable bonds is 5.